The normalized spacial score (nSPS) is 16.5. The van der Waals surface area contributed by atoms with E-state index in [2.05, 4.69) is 52.6 Å². The number of benzene rings is 2. The average molecular weight is 434 g/mol. The van der Waals surface area contributed by atoms with Crippen molar-refractivity contribution in [3.63, 3.8) is 0 Å². The first kappa shape index (κ1) is 20.9. The maximum Gasteiger partial charge on any atom is 0.231 e. The molecule has 3 aromatic rings. The zero-order valence-corrected chi connectivity index (χ0v) is 18.7. The zero-order valence-electron chi connectivity index (χ0n) is 18.7. The number of fused-ring (bicyclic) bond motifs is 2. The van der Waals surface area contributed by atoms with E-state index in [1.807, 2.05) is 12.1 Å². The van der Waals surface area contributed by atoms with E-state index in [9.17, 15) is 4.79 Å². The largest absolute Gasteiger partial charge is 0.454 e. The third-order valence-electron chi connectivity index (χ3n) is 6.73. The molecular formula is C26H31N3O3. The van der Waals surface area contributed by atoms with Gasteiger partial charge in [0.2, 0.25) is 12.7 Å². The van der Waals surface area contributed by atoms with Crippen LogP contribution in [0.3, 0.4) is 0 Å². The summed E-state index contributed by atoms with van der Waals surface area (Å²) in [5.41, 5.74) is 4.65. The Morgan fingerprint density at radius 1 is 1.16 bits per heavy atom. The minimum absolute atomic E-state index is 0.0721. The van der Waals surface area contributed by atoms with Crippen LogP contribution in [0.25, 0.3) is 10.9 Å². The van der Waals surface area contributed by atoms with Gasteiger partial charge in [0, 0.05) is 42.5 Å². The number of nitrogens with zero attached hydrogens (tertiary/aromatic N) is 1. The Labute approximate surface area is 188 Å². The van der Waals surface area contributed by atoms with Crippen LogP contribution in [0, 0.1) is 0 Å². The van der Waals surface area contributed by atoms with Crippen molar-refractivity contribution in [1.82, 2.24) is 15.2 Å². The first-order valence-electron chi connectivity index (χ1n) is 11.7. The van der Waals surface area contributed by atoms with Gasteiger partial charge in [-0.2, -0.15) is 0 Å². The number of rotatable bonds is 8. The Hall–Kier alpha value is -2.99. The summed E-state index contributed by atoms with van der Waals surface area (Å²) in [6, 6.07) is 12.4. The van der Waals surface area contributed by atoms with Gasteiger partial charge in [-0.15, -0.1) is 0 Å². The topological polar surface area (TPSA) is 66.6 Å². The lowest BCUT2D eigenvalue weighted by Crippen LogP contribution is -2.34. The number of ether oxygens (including phenoxy) is 2. The molecule has 3 heterocycles. The number of hydrogen-bond acceptors (Lipinski definition) is 4. The number of hydrogen-bond donors (Lipinski definition) is 2. The lowest BCUT2D eigenvalue weighted by Gasteiger charge is -2.19. The molecular weight excluding hydrogens is 402 g/mol. The van der Waals surface area contributed by atoms with E-state index in [-0.39, 0.29) is 18.6 Å². The predicted molar refractivity (Wildman–Crippen MR) is 125 cm³/mol. The Morgan fingerprint density at radius 3 is 2.84 bits per heavy atom. The highest BCUT2D eigenvalue weighted by Gasteiger charge is 2.24. The van der Waals surface area contributed by atoms with E-state index in [4.69, 9.17) is 9.47 Å². The summed E-state index contributed by atoms with van der Waals surface area (Å²) >= 11 is 0. The highest BCUT2D eigenvalue weighted by molar-refractivity contribution is 5.88. The molecule has 6 nitrogen and oxygen atoms in total. The summed E-state index contributed by atoms with van der Waals surface area (Å²) in [6.45, 7) is 6.31. The molecule has 1 saturated heterocycles. The van der Waals surface area contributed by atoms with Crippen LogP contribution in [0.4, 0.5) is 0 Å². The molecule has 0 bridgehead atoms. The molecule has 2 aromatic carbocycles. The van der Waals surface area contributed by atoms with Crippen molar-refractivity contribution in [3.05, 3.63) is 59.3 Å². The Morgan fingerprint density at radius 2 is 2.00 bits per heavy atom. The molecule has 168 valence electrons. The summed E-state index contributed by atoms with van der Waals surface area (Å²) in [7, 11) is 0. The molecule has 1 fully saturated rings. The lowest BCUT2D eigenvalue weighted by molar-refractivity contribution is -0.121. The van der Waals surface area contributed by atoms with Crippen molar-refractivity contribution in [2.75, 3.05) is 33.0 Å². The van der Waals surface area contributed by atoms with Gasteiger partial charge in [-0.25, -0.2) is 0 Å². The van der Waals surface area contributed by atoms with Crippen molar-refractivity contribution in [1.29, 1.82) is 0 Å². The van der Waals surface area contributed by atoms with Gasteiger partial charge >= 0.3 is 0 Å². The standard InChI is InChI=1S/C26H31N3O3/c1-2-18-6-5-7-20-22(16-28-26(18)20)21(19-8-9-23-24(14-19)32-17-31-23)15-25(30)27-10-13-29-11-3-4-12-29/h5-9,14,16,21,28H,2-4,10-13,15,17H2,1H3,(H,27,30)/t21-/m0/s1. The number of aryl methyl sites for hydroxylation is 1. The van der Waals surface area contributed by atoms with Crippen LogP contribution < -0.4 is 14.8 Å². The molecule has 0 saturated carbocycles. The van der Waals surface area contributed by atoms with Crippen molar-refractivity contribution in [2.45, 2.75) is 38.5 Å². The molecule has 1 atom stereocenters. The second-order valence-corrected chi connectivity index (χ2v) is 8.71. The van der Waals surface area contributed by atoms with E-state index in [0.29, 0.717) is 13.0 Å². The summed E-state index contributed by atoms with van der Waals surface area (Å²) < 4.78 is 11.1. The lowest BCUT2D eigenvalue weighted by atomic mass is 9.87. The minimum atomic E-state index is -0.0721. The average Bonchev–Trinajstić information content (AvgIpc) is 3.57. The van der Waals surface area contributed by atoms with Crippen LogP contribution in [0.5, 0.6) is 11.5 Å². The van der Waals surface area contributed by atoms with Crippen molar-refractivity contribution in [2.24, 2.45) is 0 Å². The SMILES string of the molecule is CCc1cccc2c([C@@H](CC(=O)NCCN3CCCC3)c3ccc4c(c3)OCO4)c[nH]c12. The molecule has 1 aromatic heterocycles. The maximum absolute atomic E-state index is 13.0. The van der Waals surface area contributed by atoms with Crippen molar-refractivity contribution < 1.29 is 14.3 Å². The van der Waals surface area contributed by atoms with E-state index < -0.39 is 0 Å². The third kappa shape index (κ3) is 4.19. The molecule has 32 heavy (non-hydrogen) atoms. The number of para-hydroxylation sites is 1. The number of aromatic nitrogens is 1. The Bertz CT molecular complexity index is 1100. The summed E-state index contributed by atoms with van der Waals surface area (Å²) in [4.78, 5) is 18.9. The van der Waals surface area contributed by atoms with Gasteiger partial charge in [0.1, 0.15) is 0 Å². The predicted octanol–water partition coefficient (Wildman–Crippen LogP) is 4.19. The molecule has 0 aliphatic carbocycles. The molecule has 0 unspecified atom stereocenters. The number of H-pyrrole nitrogens is 1. The molecule has 5 rings (SSSR count). The van der Waals surface area contributed by atoms with Crippen molar-refractivity contribution in [3.8, 4) is 11.5 Å². The van der Waals surface area contributed by atoms with E-state index >= 15 is 0 Å². The van der Waals surface area contributed by atoms with Crippen LogP contribution in [0.2, 0.25) is 0 Å². The van der Waals surface area contributed by atoms with Gasteiger partial charge < -0.3 is 24.7 Å². The van der Waals surface area contributed by atoms with Gasteiger partial charge in [-0.3, -0.25) is 4.79 Å². The molecule has 2 aliphatic heterocycles. The fourth-order valence-corrected chi connectivity index (χ4v) is 4.98. The summed E-state index contributed by atoms with van der Waals surface area (Å²) in [6.07, 6.45) is 5.95. The van der Waals surface area contributed by atoms with Crippen molar-refractivity contribution >= 4 is 16.8 Å². The molecule has 2 N–H and O–H groups in total. The first-order valence-corrected chi connectivity index (χ1v) is 11.7. The summed E-state index contributed by atoms with van der Waals surface area (Å²) in [5.74, 6) is 1.51. The molecule has 6 heteroatoms. The van der Waals surface area contributed by atoms with Crippen LogP contribution in [0.15, 0.2) is 42.6 Å². The minimum Gasteiger partial charge on any atom is -0.454 e. The Kier molecular flexibility index (Phi) is 6.04. The van der Waals surface area contributed by atoms with Crippen LogP contribution in [-0.4, -0.2) is 48.8 Å². The zero-order chi connectivity index (χ0) is 21.9. The fourth-order valence-electron chi connectivity index (χ4n) is 4.98. The molecule has 2 aliphatic rings. The second kappa shape index (κ2) is 9.25. The van der Waals surface area contributed by atoms with Gasteiger partial charge in [-0.1, -0.05) is 31.2 Å². The molecule has 0 radical (unpaired) electrons. The maximum atomic E-state index is 13.0. The van der Waals surface area contributed by atoms with E-state index in [0.717, 1.165) is 54.2 Å². The van der Waals surface area contributed by atoms with Gasteiger partial charge in [0.05, 0.1) is 0 Å². The molecule has 0 spiro atoms. The number of aromatic amines is 1. The summed E-state index contributed by atoms with van der Waals surface area (Å²) in [5, 5.41) is 4.33. The second-order valence-electron chi connectivity index (χ2n) is 8.71. The first-order chi connectivity index (χ1) is 15.7. The van der Waals surface area contributed by atoms with E-state index in [1.54, 1.807) is 0 Å². The Balaban J connectivity index is 1.41. The number of nitrogens with one attached hydrogen (secondary N) is 2. The monoisotopic (exact) mass is 433 g/mol. The van der Waals surface area contributed by atoms with Crippen LogP contribution in [0.1, 0.15) is 48.8 Å². The number of likely N-dealkylation sites (tertiary alicyclic amines) is 1. The number of carbonyl (C=O) groups excluding carboxylic acids is 1. The fraction of sp³-hybridized carbons (Fsp3) is 0.423. The quantitative estimate of drug-likeness (QED) is 0.559. The third-order valence-corrected chi connectivity index (χ3v) is 6.73. The number of amides is 1. The molecule has 1 amide bonds. The van der Waals surface area contributed by atoms with Gasteiger partial charge in [0.15, 0.2) is 11.5 Å². The number of carbonyl (C=O) groups is 1. The van der Waals surface area contributed by atoms with Gasteiger partial charge in [-0.05, 0) is 61.2 Å². The van der Waals surface area contributed by atoms with E-state index in [1.165, 1.54) is 23.8 Å². The van der Waals surface area contributed by atoms with Gasteiger partial charge in [0.25, 0.3) is 0 Å². The van der Waals surface area contributed by atoms with Crippen LogP contribution >= 0.6 is 0 Å². The smallest absolute Gasteiger partial charge is 0.231 e. The highest BCUT2D eigenvalue weighted by atomic mass is 16.7. The van der Waals surface area contributed by atoms with Crippen LogP contribution in [-0.2, 0) is 11.2 Å². The highest BCUT2D eigenvalue weighted by Crippen LogP contribution is 2.39.